The Morgan fingerprint density at radius 3 is 3.07 bits per heavy atom. The molecule has 1 aliphatic rings. The van der Waals surface area contributed by atoms with Gasteiger partial charge in [0, 0.05) is 13.1 Å². The van der Waals surface area contributed by atoms with Crippen LogP contribution in [-0.4, -0.2) is 39.3 Å². The molecule has 0 bridgehead atoms. The van der Waals surface area contributed by atoms with Gasteiger partial charge in [-0.2, -0.15) is 5.10 Å². The highest BCUT2D eigenvalue weighted by atomic mass is 15.2. The van der Waals surface area contributed by atoms with Crippen LogP contribution in [-0.2, 0) is 0 Å². The molecule has 6 nitrogen and oxygen atoms in total. The van der Waals surface area contributed by atoms with E-state index in [1.807, 2.05) is 0 Å². The number of fused-ring (bicyclic) bond motifs is 1. The number of rotatable bonds is 2. The molecular formula is C8H10N6. The Labute approximate surface area is 80.1 Å². The second-order valence-corrected chi connectivity index (χ2v) is 3.35. The number of nitrogens with zero attached hydrogens (tertiary/aromatic N) is 3. The standard InChI is InChI=1S/C8H10N6/c1-5(2-9-1)13-7-6-3-12-14-8(6)11-4-10-7/h3-5,9H,1-2H2,(H2,10,11,12,13,14). The minimum absolute atomic E-state index is 0.475. The Morgan fingerprint density at radius 2 is 2.29 bits per heavy atom. The molecule has 0 amide bonds. The van der Waals surface area contributed by atoms with Gasteiger partial charge in [0.15, 0.2) is 5.65 Å². The summed E-state index contributed by atoms with van der Waals surface area (Å²) in [7, 11) is 0. The first-order valence-corrected chi connectivity index (χ1v) is 4.55. The van der Waals surface area contributed by atoms with Crippen molar-refractivity contribution in [2.75, 3.05) is 18.4 Å². The topological polar surface area (TPSA) is 78.5 Å². The minimum Gasteiger partial charge on any atom is -0.364 e. The second kappa shape index (κ2) is 2.91. The highest BCUT2D eigenvalue weighted by molar-refractivity contribution is 5.85. The van der Waals surface area contributed by atoms with Gasteiger partial charge in [-0.25, -0.2) is 9.97 Å². The largest absolute Gasteiger partial charge is 0.364 e. The third kappa shape index (κ3) is 1.12. The Morgan fingerprint density at radius 1 is 1.36 bits per heavy atom. The van der Waals surface area contributed by atoms with Crippen LogP contribution in [0.5, 0.6) is 0 Å². The Hall–Kier alpha value is -1.69. The average Bonchev–Trinajstić information content (AvgIpc) is 2.59. The predicted molar refractivity (Wildman–Crippen MR) is 52.0 cm³/mol. The monoisotopic (exact) mass is 190 g/mol. The molecule has 0 saturated carbocycles. The van der Waals surface area contributed by atoms with Gasteiger partial charge in [-0.3, -0.25) is 5.10 Å². The van der Waals surface area contributed by atoms with E-state index < -0.39 is 0 Å². The fraction of sp³-hybridized carbons (Fsp3) is 0.375. The van der Waals surface area contributed by atoms with Crippen LogP contribution in [0, 0.1) is 0 Å². The van der Waals surface area contributed by atoms with E-state index in [1.54, 1.807) is 6.20 Å². The summed E-state index contributed by atoms with van der Waals surface area (Å²) in [5, 5.41) is 14.2. The maximum absolute atomic E-state index is 4.19. The summed E-state index contributed by atoms with van der Waals surface area (Å²) in [6, 6.07) is 0.475. The molecule has 0 aromatic carbocycles. The first kappa shape index (κ1) is 7.69. The highest BCUT2D eigenvalue weighted by Crippen LogP contribution is 2.17. The van der Waals surface area contributed by atoms with Gasteiger partial charge in [0.25, 0.3) is 0 Å². The second-order valence-electron chi connectivity index (χ2n) is 3.35. The molecule has 1 saturated heterocycles. The maximum Gasteiger partial charge on any atom is 0.160 e. The van der Waals surface area contributed by atoms with Crippen molar-refractivity contribution in [3.05, 3.63) is 12.5 Å². The fourth-order valence-corrected chi connectivity index (χ4v) is 1.46. The third-order valence-corrected chi connectivity index (χ3v) is 2.37. The molecule has 3 rings (SSSR count). The molecule has 3 N–H and O–H groups in total. The zero-order valence-corrected chi connectivity index (χ0v) is 7.49. The van der Waals surface area contributed by atoms with E-state index in [2.05, 4.69) is 30.8 Å². The third-order valence-electron chi connectivity index (χ3n) is 2.37. The van der Waals surface area contributed by atoms with E-state index in [0.29, 0.717) is 6.04 Å². The minimum atomic E-state index is 0.475. The van der Waals surface area contributed by atoms with Crippen LogP contribution < -0.4 is 10.6 Å². The quantitative estimate of drug-likeness (QED) is 0.608. The van der Waals surface area contributed by atoms with Gasteiger partial charge in [0.2, 0.25) is 0 Å². The van der Waals surface area contributed by atoms with Gasteiger partial charge < -0.3 is 10.6 Å². The average molecular weight is 190 g/mol. The summed E-state index contributed by atoms with van der Waals surface area (Å²) in [6.07, 6.45) is 3.28. The molecule has 0 atom stereocenters. The summed E-state index contributed by atoms with van der Waals surface area (Å²) < 4.78 is 0. The smallest absolute Gasteiger partial charge is 0.160 e. The molecule has 2 aromatic rings. The van der Waals surface area contributed by atoms with E-state index in [9.17, 15) is 0 Å². The summed E-state index contributed by atoms with van der Waals surface area (Å²) in [5.41, 5.74) is 0.773. The first-order chi connectivity index (χ1) is 6.93. The summed E-state index contributed by atoms with van der Waals surface area (Å²) in [4.78, 5) is 8.26. The number of anilines is 1. The lowest BCUT2D eigenvalue weighted by Gasteiger charge is -2.28. The molecule has 2 aromatic heterocycles. The SMILES string of the molecule is c1nc(NC2CNC2)c2cn[nH]c2n1. The van der Waals surface area contributed by atoms with Crippen LogP contribution in [0.1, 0.15) is 0 Å². The van der Waals surface area contributed by atoms with Crippen LogP contribution in [0.2, 0.25) is 0 Å². The maximum atomic E-state index is 4.19. The van der Waals surface area contributed by atoms with Crippen molar-refractivity contribution in [3.63, 3.8) is 0 Å². The van der Waals surface area contributed by atoms with Crippen molar-refractivity contribution in [2.45, 2.75) is 6.04 Å². The molecule has 0 unspecified atom stereocenters. The Bertz CT molecular complexity index is 446. The van der Waals surface area contributed by atoms with Gasteiger partial charge >= 0.3 is 0 Å². The normalized spacial score (nSPS) is 16.9. The Balaban J connectivity index is 1.97. The van der Waals surface area contributed by atoms with Crippen molar-refractivity contribution in [1.82, 2.24) is 25.5 Å². The molecule has 14 heavy (non-hydrogen) atoms. The Kier molecular flexibility index (Phi) is 1.60. The molecule has 72 valence electrons. The van der Waals surface area contributed by atoms with Crippen LogP contribution in [0.25, 0.3) is 11.0 Å². The van der Waals surface area contributed by atoms with Gasteiger partial charge in [0.1, 0.15) is 12.1 Å². The fourth-order valence-electron chi connectivity index (χ4n) is 1.46. The van der Waals surface area contributed by atoms with Crippen molar-refractivity contribution < 1.29 is 0 Å². The molecule has 1 aliphatic heterocycles. The van der Waals surface area contributed by atoms with Crippen LogP contribution in [0.4, 0.5) is 5.82 Å². The van der Waals surface area contributed by atoms with Gasteiger partial charge in [-0.1, -0.05) is 0 Å². The summed E-state index contributed by atoms with van der Waals surface area (Å²) in [5.74, 6) is 0.857. The summed E-state index contributed by atoms with van der Waals surface area (Å²) >= 11 is 0. The van der Waals surface area contributed by atoms with Crippen molar-refractivity contribution in [2.24, 2.45) is 0 Å². The van der Waals surface area contributed by atoms with E-state index in [1.165, 1.54) is 6.33 Å². The number of nitrogens with one attached hydrogen (secondary N) is 3. The number of hydrogen-bond donors (Lipinski definition) is 3. The van der Waals surface area contributed by atoms with E-state index in [0.717, 1.165) is 29.9 Å². The predicted octanol–water partition coefficient (Wildman–Crippen LogP) is -0.263. The number of hydrogen-bond acceptors (Lipinski definition) is 5. The van der Waals surface area contributed by atoms with Gasteiger partial charge in [-0.05, 0) is 0 Å². The van der Waals surface area contributed by atoms with Gasteiger partial charge in [-0.15, -0.1) is 0 Å². The lowest BCUT2D eigenvalue weighted by Crippen LogP contribution is -2.51. The highest BCUT2D eigenvalue weighted by Gasteiger charge is 2.17. The summed E-state index contributed by atoms with van der Waals surface area (Å²) in [6.45, 7) is 1.98. The number of aromatic amines is 1. The molecule has 0 radical (unpaired) electrons. The van der Waals surface area contributed by atoms with Crippen LogP contribution in [0.3, 0.4) is 0 Å². The van der Waals surface area contributed by atoms with E-state index in [-0.39, 0.29) is 0 Å². The van der Waals surface area contributed by atoms with E-state index >= 15 is 0 Å². The lowest BCUT2D eigenvalue weighted by atomic mass is 10.2. The molecule has 0 spiro atoms. The van der Waals surface area contributed by atoms with E-state index in [4.69, 9.17) is 0 Å². The zero-order chi connectivity index (χ0) is 9.38. The number of aromatic nitrogens is 4. The van der Waals surface area contributed by atoms with Crippen molar-refractivity contribution >= 4 is 16.9 Å². The molecule has 3 heterocycles. The van der Waals surface area contributed by atoms with Crippen molar-refractivity contribution in [3.8, 4) is 0 Å². The van der Waals surface area contributed by atoms with Crippen LogP contribution >= 0.6 is 0 Å². The first-order valence-electron chi connectivity index (χ1n) is 4.55. The molecule has 1 fully saturated rings. The molecular weight excluding hydrogens is 180 g/mol. The van der Waals surface area contributed by atoms with Gasteiger partial charge in [0.05, 0.1) is 17.6 Å². The van der Waals surface area contributed by atoms with Crippen LogP contribution in [0.15, 0.2) is 12.5 Å². The molecule has 0 aliphatic carbocycles. The lowest BCUT2D eigenvalue weighted by molar-refractivity contribution is 0.471. The zero-order valence-electron chi connectivity index (χ0n) is 7.49. The van der Waals surface area contributed by atoms with Crippen molar-refractivity contribution in [1.29, 1.82) is 0 Å². The number of H-pyrrole nitrogens is 1. The molecule has 6 heteroatoms.